The number of aliphatic hydroxyl groups is 1. The summed E-state index contributed by atoms with van der Waals surface area (Å²) in [4.78, 5) is 31.2. The number of nitrogens with one attached hydrogen (secondary N) is 1. The number of aryl methyl sites for hydroxylation is 1. The fourth-order valence-electron chi connectivity index (χ4n) is 1.74. The Morgan fingerprint density at radius 2 is 2.24 bits per heavy atom. The van der Waals surface area contributed by atoms with Crippen molar-refractivity contribution in [1.29, 1.82) is 0 Å². The Balaban J connectivity index is 2.37. The molecule has 17 heavy (non-hydrogen) atoms. The lowest BCUT2D eigenvalue weighted by atomic mass is 10.1. The van der Waals surface area contributed by atoms with Crippen molar-refractivity contribution in [2.24, 2.45) is 0 Å². The van der Waals surface area contributed by atoms with Crippen molar-refractivity contribution in [3.05, 3.63) is 21.7 Å². The van der Waals surface area contributed by atoms with E-state index in [-0.39, 0.29) is 5.91 Å². The Morgan fingerprint density at radius 3 is 2.76 bits per heavy atom. The van der Waals surface area contributed by atoms with E-state index in [2.05, 4.69) is 9.97 Å². The number of hydrogen-bond donors (Lipinski definition) is 2. The van der Waals surface area contributed by atoms with E-state index in [9.17, 15) is 14.7 Å². The largest absolute Gasteiger partial charge is 0.389 e. The number of H-pyrrole nitrogens is 1. The number of likely N-dealkylation sites (tertiary alicyclic amines) is 1. The van der Waals surface area contributed by atoms with E-state index in [4.69, 9.17) is 0 Å². The molecule has 0 unspecified atom stereocenters. The molecule has 6 nitrogen and oxygen atoms in total. The van der Waals surface area contributed by atoms with Gasteiger partial charge in [-0.15, -0.1) is 11.8 Å². The lowest BCUT2D eigenvalue weighted by Crippen LogP contribution is -2.53. The summed E-state index contributed by atoms with van der Waals surface area (Å²) < 4.78 is 0. The number of thioether (sulfide) groups is 1. The van der Waals surface area contributed by atoms with E-state index in [0.717, 1.165) is 0 Å². The Morgan fingerprint density at radius 1 is 1.59 bits per heavy atom. The molecule has 1 aromatic heterocycles. The molecule has 0 spiro atoms. The van der Waals surface area contributed by atoms with Gasteiger partial charge in [0, 0.05) is 18.8 Å². The first-order chi connectivity index (χ1) is 8.02. The van der Waals surface area contributed by atoms with Crippen LogP contribution in [0.25, 0.3) is 0 Å². The highest BCUT2D eigenvalue weighted by atomic mass is 32.2. The van der Waals surface area contributed by atoms with Gasteiger partial charge in [0.15, 0.2) is 0 Å². The molecule has 1 aliphatic rings. The van der Waals surface area contributed by atoms with Gasteiger partial charge in [-0.3, -0.25) is 4.79 Å². The monoisotopic (exact) mass is 255 g/mol. The van der Waals surface area contributed by atoms with E-state index in [0.29, 0.717) is 29.4 Å². The van der Waals surface area contributed by atoms with E-state index >= 15 is 0 Å². The van der Waals surface area contributed by atoms with E-state index in [1.54, 1.807) is 13.2 Å². The number of carbonyl (C=O) groups is 1. The van der Waals surface area contributed by atoms with Crippen LogP contribution in [0.4, 0.5) is 0 Å². The number of hydrogen-bond acceptors (Lipinski definition) is 5. The molecule has 2 heterocycles. The molecule has 7 heteroatoms. The number of rotatable bonds is 2. The van der Waals surface area contributed by atoms with Crippen molar-refractivity contribution in [2.75, 3.05) is 19.3 Å². The maximum absolute atomic E-state index is 12.1. The topological polar surface area (TPSA) is 86.3 Å². The molecule has 1 saturated heterocycles. The standard InChI is InChI=1S/C10H13N3O3S/c1-5-7(8(17-2)12-10(16)11-5)9(15)13-3-6(14)4-13/h6,14H,3-4H2,1-2H3,(H,11,12,16). The SMILES string of the molecule is CSc1nc(=O)[nH]c(C)c1C(=O)N1CC(O)C1. The van der Waals surface area contributed by atoms with Gasteiger partial charge in [-0.25, -0.2) is 4.79 Å². The van der Waals surface area contributed by atoms with Crippen molar-refractivity contribution >= 4 is 17.7 Å². The van der Waals surface area contributed by atoms with E-state index in [1.165, 1.54) is 16.7 Å². The predicted molar refractivity (Wildman–Crippen MR) is 63.3 cm³/mol. The Bertz CT molecular complexity index is 508. The minimum Gasteiger partial charge on any atom is -0.389 e. The highest BCUT2D eigenvalue weighted by Gasteiger charge is 2.32. The van der Waals surface area contributed by atoms with Gasteiger partial charge in [0.2, 0.25) is 0 Å². The van der Waals surface area contributed by atoms with Crippen LogP contribution in [0.1, 0.15) is 16.1 Å². The summed E-state index contributed by atoms with van der Waals surface area (Å²) >= 11 is 1.26. The average molecular weight is 255 g/mol. The number of aromatic nitrogens is 2. The summed E-state index contributed by atoms with van der Waals surface area (Å²) in [7, 11) is 0. The average Bonchev–Trinajstić information content (AvgIpc) is 2.22. The molecule has 1 amide bonds. The number of amides is 1. The summed E-state index contributed by atoms with van der Waals surface area (Å²) in [5.74, 6) is -0.194. The summed E-state index contributed by atoms with van der Waals surface area (Å²) in [6.07, 6.45) is 1.33. The third-order valence-electron chi connectivity index (χ3n) is 2.64. The van der Waals surface area contributed by atoms with Gasteiger partial charge >= 0.3 is 5.69 Å². The number of carbonyl (C=O) groups excluding carboxylic acids is 1. The second kappa shape index (κ2) is 4.50. The quantitative estimate of drug-likeness (QED) is 0.555. The smallest absolute Gasteiger partial charge is 0.346 e. The molecule has 0 saturated carbocycles. The third-order valence-corrected chi connectivity index (χ3v) is 3.33. The molecule has 0 radical (unpaired) electrons. The first-order valence-electron chi connectivity index (χ1n) is 5.15. The first-order valence-corrected chi connectivity index (χ1v) is 6.37. The third kappa shape index (κ3) is 2.20. The highest BCUT2D eigenvalue weighted by Crippen LogP contribution is 2.22. The number of nitrogens with zero attached hydrogens (tertiary/aromatic N) is 2. The van der Waals surface area contributed by atoms with Crippen LogP contribution < -0.4 is 5.69 Å². The van der Waals surface area contributed by atoms with Gasteiger partial charge in [0.05, 0.1) is 11.7 Å². The molecule has 2 N–H and O–H groups in total. The molecule has 2 rings (SSSR count). The second-order valence-electron chi connectivity index (χ2n) is 3.92. The minimum atomic E-state index is -0.452. The molecule has 92 valence electrons. The van der Waals surface area contributed by atoms with E-state index < -0.39 is 11.8 Å². The Hall–Kier alpha value is -1.34. The zero-order chi connectivity index (χ0) is 12.6. The summed E-state index contributed by atoms with van der Waals surface area (Å²) in [5.41, 5.74) is 0.483. The number of β-amino-alcohol motifs (C(OH)–C–C–N with tert-alkyl or cyclic N) is 1. The normalized spacial score (nSPS) is 15.8. The fourth-order valence-corrected chi connectivity index (χ4v) is 2.36. The van der Waals surface area contributed by atoms with Crippen molar-refractivity contribution in [3.63, 3.8) is 0 Å². The Labute approximate surface area is 102 Å². The lowest BCUT2D eigenvalue weighted by molar-refractivity contribution is 0.00550. The lowest BCUT2D eigenvalue weighted by Gasteiger charge is -2.36. The number of aromatic amines is 1. The summed E-state index contributed by atoms with van der Waals surface area (Å²) in [6, 6.07) is 0. The highest BCUT2D eigenvalue weighted by molar-refractivity contribution is 7.98. The molecule has 0 bridgehead atoms. The van der Waals surface area contributed by atoms with Gasteiger partial charge in [-0.05, 0) is 13.2 Å². The van der Waals surface area contributed by atoms with Crippen molar-refractivity contribution in [2.45, 2.75) is 18.1 Å². The van der Waals surface area contributed by atoms with Gasteiger partial charge in [-0.2, -0.15) is 4.98 Å². The van der Waals surface area contributed by atoms with Crippen LogP contribution in [0.15, 0.2) is 9.82 Å². The van der Waals surface area contributed by atoms with Gasteiger partial charge in [-0.1, -0.05) is 0 Å². The van der Waals surface area contributed by atoms with Crippen LogP contribution in [0.3, 0.4) is 0 Å². The molecule has 1 aliphatic heterocycles. The molecule has 0 aromatic carbocycles. The molecule has 1 aromatic rings. The molecular formula is C10H13N3O3S. The molecule has 1 fully saturated rings. The second-order valence-corrected chi connectivity index (χ2v) is 4.71. The van der Waals surface area contributed by atoms with Crippen LogP contribution in [0.5, 0.6) is 0 Å². The van der Waals surface area contributed by atoms with Gasteiger partial charge < -0.3 is 15.0 Å². The van der Waals surface area contributed by atoms with Crippen molar-refractivity contribution in [3.8, 4) is 0 Å². The summed E-state index contributed by atoms with van der Waals surface area (Å²) in [6.45, 7) is 2.35. The molecular weight excluding hydrogens is 242 g/mol. The minimum absolute atomic E-state index is 0.194. The van der Waals surface area contributed by atoms with Gasteiger partial charge in [0.25, 0.3) is 5.91 Å². The van der Waals surface area contributed by atoms with E-state index in [1.807, 2.05) is 0 Å². The molecule has 0 atom stereocenters. The maximum Gasteiger partial charge on any atom is 0.346 e. The van der Waals surface area contributed by atoms with Crippen molar-refractivity contribution < 1.29 is 9.90 Å². The zero-order valence-electron chi connectivity index (χ0n) is 9.56. The van der Waals surface area contributed by atoms with Crippen LogP contribution in [-0.2, 0) is 0 Å². The van der Waals surface area contributed by atoms with Crippen LogP contribution in [0, 0.1) is 6.92 Å². The fraction of sp³-hybridized carbons (Fsp3) is 0.500. The zero-order valence-corrected chi connectivity index (χ0v) is 10.4. The molecule has 0 aliphatic carbocycles. The maximum atomic E-state index is 12.1. The van der Waals surface area contributed by atoms with Crippen LogP contribution in [0.2, 0.25) is 0 Å². The van der Waals surface area contributed by atoms with Crippen LogP contribution in [-0.4, -0.2) is 51.3 Å². The first kappa shape index (κ1) is 12.1. The predicted octanol–water partition coefficient (Wildman–Crippen LogP) is -0.383. The number of aliphatic hydroxyl groups excluding tert-OH is 1. The Kier molecular flexibility index (Phi) is 3.21. The van der Waals surface area contributed by atoms with Gasteiger partial charge in [0.1, 0.15) is 5.03 Å². The summed E-state index contributed by atoms with van der Waals surface area (Å²) in [5, 5.41) is 9.61. The van der Waals surface area contributed by atoms with Crippen LogP contribution >= 0.6 is 11.8 Å². The van der Waals surface area contributed by atoms with Crippen molar-refractivity contribution in [1.82, 2.24) is 14.9 Å².